The third-order valence-electron chi connectivity index (χ3n) is 6.21. The molecule has 3 heteroatoms. The van der Waals surface area contributed by atoms with Crippen molar-refractivity contribution in [2.75, 3.05) is 6.54 Å². The minimum absolute atomic E-state index is 0.169. The van der Waals surface area contributed by atoms with Crippen LogP contribution in [-0.4, -0.2) is 22.5 Å². The van der Waals surface area contributed by atoms with Gasteiger partial charge in [0.1, 0.15) is 5.75 Å². The van der Waals surface area contributed by atoms with Gasteiger partial charge in [0, 0.05) is 12.5 Å². The third-order valence-corrected chi connectivity index (χ3v) is 6.21. The molecule has 1 amide bonds. The van der Waals surface area contributed by atoms with Crippen LogP contribution in [0.4, 0.5) is 0 Å². The highest BCUT2D eigenvalue weighted by molar-refractivity contribution is 5.81. The number of phenolic OH excluding ortho intramolecular Hbond substituents is 1. The molecule has 0 spiro atoms. The lowest BCUT2D eigenvalue weighted by Gasteiger charge is -2.53. The fourth-order valence-corrected chi connectivity index (χ4v) is 5.01. The highest BCUT2D eigenvalue weighted by Crippen LogP contribution is 2.47. The summed E-state index contributed by atoms with van der Waals surface area (Å²) >= 11 is 0. The Morgan fingerprint density at radius 3 is 2.77 bits per heavy atom. The van der Waals surface area contributed by atoms with Crippen LogP contribution in [0.15, 0.2) is 48.5 Å². The molecule has 1 saturated heterocycles. The van der Waals surface area contributed by atoms with Crippen molar-refractivity contribution in [2.45, 2.75) is 51.0 Å². The van der Waals surface area contributed by atoms with Crippen molar-refractivity contribution >= 4 is 5.91 Å². The Labute approximate surface area is 155 Å². The van der Waals surface area contributed by atoms with Crippen molar-refractivity contribution in [3.8, 4) is 5.75 Å². The van der Waals surface area contributed by atoms with Crippen molar-refractivity contribution in [1.29, 1.82) is 0 Å². The summed E-state index contributed by atoms with van der Waals surface area (Å²) in [6.07, 6.45) is 5.66. The number of hydrogen-bond acceptors (Lipinski definition) is 2. The summed E-state index contributed by atoms with van der Waals surface area (Å²) in [6.45, 7) is 2.91. The van der Waals surface area contributed by atoms with Crippen molar-refractivity contribution in [3.63, 3.8) is 0 Å². The van der Waals surface area contributed by atoms with Crippen molar-refractivity contribution in [2.24, 2.45) is 5.92 Å². The number of fused-ring (bicyclic) bond motifs is 3. The van der Waals surface area contributed by atoms with E-state index in [-0.39, 0.29) is 11.5 Å². The first-order chi connectivity index (χ1) is 12.6. The summed E-state index contributed by atoms with van der Waals surface area (Å²) in [5.74, 6) is 0.813. The monoisotopic (exact) mass is 349 g/mol. The van der Waals surface area contributed by atoms with Gasteiger partial charge in [0.05, 0.1) is 5.54 Å². The van der Waals surface area contributed by atoms with Gasteiger partial charge in [-0.15, -0.1) is 0 Å². The number of nitrogens with zero attached hydrogens (tertiary/aromatic N) is 1. The van der Waals surface area contributed by atoms with E-state index in [9.17, 15) is 9.90 Å². The first-order valence-corrected chi connectivity index (χ1v) is 9.82. The zero-order valence-electron chi connectivity index (χ0n) is 15.4. The van der Waals surface area contributed by atoms with Gasteiger partial charge < -0.3 is 10.0 Å². The lowest BCUT2D eigenvalue weighted by molar-refractivity contribution is -0.150. The summed E-state index contributed by atoms with van der Waals surface area (Å²) in [7, 11) is 0. The third kappa shape index (κ3) is 2.80. The van der Waals surface area contributed by atoms with E-state index in [0.717, 1.165) is 45.1 Å². The van der Waals surface area contributed by atoms with Crippen LogP contribution in [0.2, 0.25) is 0 Å². The molecule has 2 aliphatic heterocycles. The quantitative estimate of drug-likeness (QED) is 0.887. The Hall–Kier alpha value is -2.29. The summed E-state index contributed by atoms with van der Waals surface area (Å²) in [6, 6.07) is 16.2. The van der Waals surface area contributed by atoms with Crippen LogP contribution in [0, 0.1) is 5.92 Å². The van der Waals surface area contributed by atoms with Crippen LogP contribution in [0.25, 0.3) is 0 Å². The van der Waals surface area contributed by atoms with E-state index in [1.165, 1.54) is 16.7 Å². The van der Waals surface area contributed by atoms with Gasteiger partial charge in [-0.25, -0.2) is 0 Å². The van der Waals surface area contributed by atoms with Crippen LogP contribution in [-0.2, 0) is 23.2 Å². The Morgan fingerprint density at radius 2 is 2.00 bits per heavy atom. The maximum absolute atomic E-state index is 13.3. The fraction of sp³-hybridized carbons (Fsp3) is 0.435. The van der Waals surface area contributed by atoms with Gasteiger partial charge in [-0.05, 0) is 60.9 Å². The summed E-state index contributed by atoms with van der Waals surface area (Å²) in [5, 5.41) is 9.94. The summed E-state index contributed by atoms with van der Waals surface area (Å²) in [5.41, 5.74) is 3.41. The van der Waals surface area contributed by atoms with E-state index in [4.69, 9.17) is 0 Å². The largest absolute Gasteiger partial charge is 0.508 e. The number of carbonyl (C=O) groups excluding carboxylic acids is 1. The van der Waals surface area contributed by atoms with E-state index < -0.39 is 0 Å². The molecular formula is C23H27NO2. The molecule has 2 aliphatic rings. The van der Waals surface area contributed by atoms with Gasteiger partial charge in [0.25, 0.3) is 0 Å². The van der Waals surface area contributed by atoms with Crippen LogP contribution >= 0.6 is 0 Å². The van der Waals surface area contributed by atoms with Crippen molar-refractivity contribution < 1.29 is 9.90 Å². The maximum atomic E-state index is 13.3. The maximum Gasteiger partial charge on any atom is 0.226 e. The predicted molar refractivity (Wildman–Crippen MR) is 103 cm³/mol. The van der Waals surface area contributed by atoms with Gasteiger partial charge in [-0.2, -0.15) is 0 Å². The lowest BCUT2D eigenvalue weighted by atomic mass is 9.69. The molecule has 0 radical (unpaired) electrons. The molecule has 0 aromatic heterocycles. The fourth-order valence-electron chi connectivity index (χ4n) is 5.01. The lowest BCUT2D eigenvalue weighted by Crippen LogP contribution is -2.59. The highest BCUT2D eigenvalue weighted by Gasteiger charge is 2.49. The number of piperidine rings is 1. The predicted octanol–water partition coefficient (Wildman–Crippen LogP) is 4.43. The number of rotatable bonds is 4. The molecular weight excluding hydrogens is 322 g/mol. The Kier molecular flexibility index (Phi) is 4.47. The molecule has 1 fully saturated rings. The van der Waals surface area contributed by atoms with Gasteiger partial charge in [0.2, 0.25) is 5.91 Å². The molecule has 4 rings (SSSR count). The number of phenols is 1. The molecule has 0 saturated carbocycles. The minimum atomic E-state index is -0.274. The zero-order valence-corrected chi connectivity index (χ0v) is 15.4. The molecule has 2 aromatic rings. The molecule has 2 unspecified atom stereocenters. The smallest absolute Gasteiger partial charge is 0.226 e. The molecule has 26 heavy (non-hydrogen) atoms. The number of benzene rings is 2. The minimum Gasteiger partial charge on any atom is -0.508 e. The summed E-state index contributed by atoms with van der Waals surface area (Å²) in [4.78, 5) is 15.5. The summed E-state index contributed by atoms with van der Waals surface area (Å²) < 4.78 is 0. The van der Waals surface area contributed by atoms with Crippen molar-refractivity contribution in [1.82, 2.24) is 4.90 Å². The molecule has 2 atom stereocenters. The van der Waals surface area contributed by atoms with E-state index in [2.05, 4.69) is 36.1 Å². The van der Waals surface area contributed by atoms with Crippen LogP contribution in [0.5, 0.6) is 5.75 Å². The van der Waals surface area contributed by atoms with Crippen LogP contribution in [0.1, 0.15) is 49.3 Å². The topological polar surface area (TPSA) is 40.5 Å². The average Bonchev–Trinajstić information content (AvgIpc) is 2.65. The van der Waals surface area contributed by atoms with Crippen LogP contribution in [0.3, 0.4) is 0 Å². The Morgan fingerprint density at radius 1 is 1.19 bits per heavy atom. The van der Waals surface area contributed by atoms with Crippen LogP contribution < -0.4 is 0 Å². The highest BCUT2D eigenvalue weighted by atomic mass is 16.3. The molecule has 3 nitrogen and oxygen atoms in total. The average molecular weight is 349 g/mol. The Bertz CT molecular complexity index is 801. The Balaban J connectivity index is 1.79. The van der Waals surface area contributed by atoms with Crippen molar-refractivity contribution in [3.05, 3.63) is 65.2 Å². The molecule has 0 aliphatic carbocycles. The molecule has 2 aromatic carbocycles. The molecule has 136 valence electrons. The number of amides is 1. The molecule has 0 bridgehead atoms. The number of carbonyl (C=O) groups is 1. The van der Waals surface area contributed by atoms with E-state index in [1.54, 1.807) is 6.07 Å². The number of aromatic hydroxyl groups is 1. The molecule has 1 N–H and O–H groups in total. The van der Waals surface area contributed by atoms with Gasteiger partial charge in [0.15, 0.2) is 0 Å². The first-order valence-electron chi connectivity index (χ1n) is 9.82. The normalized spacial score (nSPS) is 24.9. The van der Waals surface area contributed by atoms with Gasteiger partial charge in [-0.1, -0.05) is 49.7 Å². The van der Waals surface area contributed by atoms with E-state index >= 15 is 0 Å². The standard InChI is InChI=1S/C23H27NO2/c1-2-6-18-11-13-23(16-17-7-4-3-5-8-17)21-10-9-20(25)15-19(21)12-14-24(23)22(18)26/h3-5,7-10,15,18,25H,2,6,11-14,16H2,1H3. The second-order valence-corrected chi connectivity index (χ2v) is 7.80. The van der Waals surface area contributed by atoms with E-state index in [0.29, 0.717) is 11.7 Å². The molecule has 2 heterocycles. The first kappa shape index (κ1) is 17.1. The number of hydrogen-bond donors (Lipinski definition) is 1. The van der Waals surface area contributed by atoms with Gasteiger partial charge >= 0.3 is 0 Å². The van der Waals surface area contributed by atoms with Gasteiger partial charge in [-0.3, -0.25) is 4.79 Å². The second kappa shape index (κ2) is 6.79. The second-order valence-electron chi connectivity index (χ2n) is 7.80. The van der Waals surface area contributed by atoms with E-state index in [1.807, 2.05) is 18.2 Å². The SMILES string of the molecule is CCCC1CCC2(Cc3ccccc3)c3ccc(O)cc3CCN2C1=O. The zero-order chi connectivity index (χ0) is 18.1.